The van der Waals surface area contributed by atoms with Crippen LogP contribution in [0.15, 0.2) is 0 Å². The van der Waals surface area contributed by atoms with Crippen LogP contribution in [-0.4, -0.2) is 23.3 Å². The Morgan fingerprint density at radius 1 is 1.54 bits per heavy atom. The lowest BCUT2D eigenvalue weighted by Crippen LogP contribution is -2.38. The first-order chi connectivity index (χ1) is 6.17. The summed E-state index contributed by atoms with van der Waals surface area (Å²) in [6, 6.07) is 0.699. The molecule has 1 saturated heterocycles. The fraction of sp³-hybridized carbons (Fsp3) is 0.909. The molecule has 0 amide bonds. The third-order valence-corrected chi connectivity index (χ3v) is 3.90. The van der Waals surface area contributed by atoms with Gasteiger partial charge < -0.3 is 4.90 Å². The summed E-state index contributed by atoms with van der Waals surface area (Å²) in [5, 5.41) is 7.89. The molecule has 0 bridgehead atoms. The second-order valence-electron chi connectivity index (χ2n) is 4.82. The fourth-order valence-corrected chi connectivity index (χ4v) is 2.45. The van der Waals surface area contributed by atoms with E-state index in [4.69, 9.17) is 5.41 Å². The van der Waals surface area contributed by atoms with Gasteiger partial charge in [-0.25, -0.2) is 0 Å². The lowest BCUT2D eigenvalue weighted by Gasteiger charge is -2.31. The summed E-state index contributed by atoms with van der Waals surface area (Å²) in [7, 11) is 0. The average Bonchev–Trinajstić information content (AvgIpc) is 2.80. The van der Waals surface area contributed by atoms with Crippen molar-refractivity contribution in [3.8, 4) is 0 Å². The molecule has 2 aliphatic rings. The number of nitrogens with one attached hydrogen (secondary N) is 1. The first-order valence-electron chi connectivity index (χ1n) is 5.51. The van der Waals surface area contributed by atoms with Crippen LogP contribution >= 0.6 is 0 Å². The number of nitrogens with zero attached hydrogens (tertiary/aromatic N) is 1. The summed E-state index contributed by atoms with van der Waals surface area (Å²) >= 11 is 0. The molecule has 2 nitrogen and oxygen atoms in total. The molecule has 2 fully saturated rings. The monoisotopic (exact) mass is 180 g/mol. The molecule has 0 aromatic carbocycles. The Hall–Kier alpha value is -0.530. The second kappa shape index (κ2) is 3.00. The van der Waals surface area contributed by atoms with Crippen molar-refractivity contribution in [1.82, 2.24) is 4.90 Å². The summed E-state index contributed by atoms with van der Waals surface area (Å²) in [5.41, 5.74) is 0.531. The highest BCUT2D eigenvalue weighted by Crippen LogP contribution is 2.52. The molecule has 0 aromatic heterocycles. The Balaban J connectivity index is 1.98. The second-order valence-corrected chi connectivity index (χ2v) is 4.82. The normalized spacial score (nSPS) is 39.4. The van der Waals surface area contributed by atoms with Crippen molar-refractivity contribution in [1.29, 1.82) is 5.41 Å². The van der Waals surface area contributed by atoms with Gasteiger partial charge in [0, 0.05) is 19.0 Å². The van der Waals surface area contributed by atoms with Gasteiger partial charge in [0.2, 0.25) is 0 Å². The zero-order valence-corrected chi connectivity index (χ0v) is 8.77. The van der Waals surface area contributed by atoms with Crippen molar-refractivity contribution in [2.24, 2.45) is 5.41 Å². The van der Waals surface area contributed by atoms with E-state index in [2.05, 4.69) is 18.7 Å². The van der Waals surface area contributed by atoms with E-state index < -0.39 is 0 Å². The van der Waals surface area contributed by atoms with Crippen LogP contribution in [0.4, 0.5) is 0 Å². The van der Waals surface area contributed by atoms with Gasteiger partial charge in [-0.1, -0.05) is 13.8 Å². The predicted molar refractivity (Wildman–Crippen MR) is 55.1 cm³/mol. The van der Waals surface area contributed by atoms with Crippen molar-refractivity contribution >= 4 is 5.84 Å². The van der Waals surface area contributed by atoms with E-state index in [1.54, 1.807) is 0 Å². The average molecular weight is 180 g/mol. The summed E-state index contributed by atoms with van der Waals surface area (Å²) in [4.78, 5) is 2.35. The molecular weight excluding hydrogens is 160 g/mol. The molecule has 2 unspecified atom stereocenters. The van der Waals surface area contributed by atoms with Gasteiger partial charge in [0.05, 0.1) is 5.84 Å². The van der Waals surface area contributed by atoms with E-state index in [1.807, 2.05) is 0 Å². The molecule has 1 N–H and O–H groups in total. The molecule has 0 radical (unpaired) electrons. The molecule has 1 heterocycles. The number of piperidine rings is 1. The molecule has 13 heavy (non-hydrogen) atoms. The van der Waals surface area contributed by atoms with Crippen LogP contribution in [0.3, 0.4) is 0 Å². The lowest BCUT2D eigenvalue weighted by molar-refractivity contribution is 0.309. The first kappa shape index (κ1) is 9.04. The molecule has 0 aromatic rings. The summed E-state index contributed by atoms with van der Waals surface area (Å²) in [6.07, 6.45) is 6.10. The van der Waals surface area contributed by atoms with Crippen LogP contribution < -0.4 is 0 Å². The fourth-order valence-electron chi connectivity index (χ4n) is 2.45. The van der Waals surface area contributed by atoms with Gasteiger partial charge in [-0.3, -0.25) is 5.41 Å². The van der Waals surface area contributed by atoms with Gasteiger partial charge in [0.15, 0.2) is 0 Å². The Morgan fingerprint density at radius 3 is 2.85 bits per heavy atom. The van der Waals surface area contributed by atoms with E-state index >= 15 is 0 Å². The molecule has 2 heteroatoms. The molecule has 2 rings (SSSR count). The van der Waals surface area contributed by atoms with Crippen molar-refractivity contribution in [3.05, 3.63) is 0 Å². The Kier molecular flexibility index (Phi) is 2.09. The van der Waals surface area contributed by atoms with Crippen molar-refractivity contribution in [2.75, 3.05) is 6.54 Å². The predicted octanol–water partition coefficient (Wildman–Crippen LogP) is 2.64. The van der Waals surface area contributed by atoms with Crippen LogP contribution in [0, 0.1) is 10.8 Å². The Morgan fingerprint density at radius 2 is 2.31 bits per heavy atom. The third-order valence-electron chi connectivity index (χ3n) is 3.90. The minimum atomic E-state index is 0.531. The van der Waals surface area contributed by atoms with Crippen molar-refractivity contribution in [2.45, 2.75) is 52.0 Å². The first-order valence-corrected chi connectivity index (χ1v) is 5.51. The van der Waals surface area contributed by atoms with Crippen molar-refractivity contribution in [3.63, 3.8) is 0 Å². The van der Waals surface area contributed by atoms with Gasteiger partial charge in [-0.15, -0.1) is 0 Å². The summed E-state index contributed by atoms with van der Waals surface area (Å²) in [5.74, 6) is 0.897. The SMILES string of the molecule is CCC1(C)CC1N1CCCCC1=N. The van der Waals surface area contributed by atoms with E-state index in [1.165, 1.54) is 25.7 Å². The Labute approximate surface area is 80.8 Å². The zero-order valence-electron chi connectivity index (χ0n) is 8.77. The van der Waals surface area contributed by atoms with Crippen LogP contribution in [0.2, 0.25) is 0 Å². The topological polar surface area (TPSA) is 27.1 Å². The molecule has 1 saturated carbocycles. The molecule has 2 atom stereocenters. The number of likely N-dealkylation sites (tertiary alicyclic amines) is 1. The molecule has 1 aliphatic carbocycles. The largest absolute Gasteiger partial charge is 0.357 e. The van der Waals surface area contributed by atoms with Gasteiger partial charge in [0.1, 0.15) is 0 Å². The van der Waals surface area contributed by atoms with Crippen LogP contribution in [0.5, 0.6) is 0 Å². The molecule has 1 aliphatic heterocycles. The van der Waals surface area contributed by atoms with E-state index in [-0.39, 0.29) is 0 Å². The third kappa shape index (κ3) is 1.47. The van der Waals surface area contributed by atoms with Gasteiger partial charge in [-0.2, -0.15) is 0 Å². The van der Waals surface area contributed by atoms with Crippen LogP contribution in [0.1, 0.15) is 46.0 Å². The van der Waals surface area contributed by atoms with E-state index in [0.29, 0.717) is 11.5 Å². The quantitative estimate of drug-likeness (QED) is 0.695. The summed E-state index contributed by atoms with van der Waals surface area (Å²) in [6.45, 7) is 5.77. The molecule has 0 spiro atoms. The number of amidine groups is 1. The number of hydrogen-bond acceptors (Lipinski definition) is 1. The number of rotatable bonds is 2. The number of hydrogen-bond donors (Lipinski definition) is 1. The van der Waals surface area contributed by atoms with Gasteiger partial charge >= 0.3 is 0 Å². The highest BCUT2D eigenvalue weighted by molar-refractivity contribution is 5.80. The maximum Gasteiger partial charge on any atom is 0.0960 e. The maximum absolute atomic E-state index is 7.89. The highest BCUT2D eigenvalue weighted by Gasteiger charge is 2.52. The lowest BCUT2D eigenvalue weighted by atomic mass is 10.0. The minimum absolute atomic E-state index is 0.531. The van der Waals surface area contributed by atoms with Gasteiger partial charge in [0.25, 0.3) is 0 Å². The standard InChI is InChI=1S/C11H20N2/c1-3-11(2)8-9(11)13-7-5-4-6-10(13)12/h9,12H,3-8H2,1-2H3. The maximum atomic E-state index is 7.89. The molecular formula is C11H20N2. The van der Waals surface area contributed by atoms with Crippen LogP contribution in [0.25, 0.3) is 0 Å². The minimum Gasteiger partial charge on any atom is -0.357 e. The van der Waals surface area contributed by atoms with Gasteiger partial charge in [-0.05, 0) is 31.1 Å². The van der Waals surface area contributed by atoms with Crippen LogP contribution in [-0.2, 0) is 0 Å². The Bertz CT molecular complexity index is 224. The van der Waals surface area contributed by atoms with Crippen molar-refractivity contribution < 1.29 is 0 Å². The highest BCUT2D eigenvalue weighted by atomic mass is 15.2. The zero-order chi connectivity index (χ0) is 9.47. The smallest absolute Gasteiger partial charge is 0.0960 e. The van der Waals surface area contributed by atoms with E-state index in [9.17, 15) is 0 Å². The summed E-state index contributed by atoms with van der Waals surface area (Å²) < 4.78 is 0. The van der Waals surface area contributed by atoms with E-state index in [0.717, 1.165) is 18.8 Å². The molecule has 74 valence electrons.